The highest BCUT2D eigenvalue weighted by Gasteiger charge is 2.26. The molecule has 0 spiro atoms. The number of anilines is 1. The molecule has 3 N–H and O–H groups in total. The number of hydrogen-bond donors (Lipinski definition) is 2. The summed E-state index contributed by atoms with van der Waals surface area (Å²) >= 11 is 3.27. The van der Waals surface area contributed by atoms with Crippen molar-refractivity contribution in [1.29, 1.82) is 0 Å². The zero-order valence-electron chi connectivity index (χ0n) is 11.9. The highest BCUT2D eigenvalue weighted by atomic mass is 79.9. The van der Waals surface area contributed by atoms with Gasteiger partial charge in [0.05, 0.1) is 5.56 Å². The van der Waals surface area contributed by atoms with E-state index in [1.807, 2.05) is 0 Å². The Morgan fingerprint density at radius 1 is 1.23 bits per heavy atom. The number of primary amides is 1. The number of ketones is 1. The number of nitrogens with one attached hydrogen (secondary N) is 1. The Balaban J connectivity index is 2.42. The number of Topliss-reactive ketones (excluding diaryl/α,β-unsaturated/α-hetero) is 1. The predicted molar refractivity (Wildman–Crippen MR) is 84.1 cm³/mol. The number of aryl methyl sites for hydroxylation is 1. The summed E-state index contributed by atoms with van der Waals surface area (Å²) in [5, 5.41) is 2.47. The summed E-state index contributed by atoms with van der Waals surface area (Å²) in [5.74, 6) is -1.58. The number of hydrogen-bond acceptors (Lipinski definition) is 4. The molecule has 0 aliphatic heterocycles. The number of rotatable bonds is 4. The van der Waals surface area contributed by atoms with Crippen LogP contribution in [0.15, 0.2) is 33.2 Å². The van der Waals surface area contributed by atoms with Gasteiger partial charge in [0.2, 0.25) is 5.88 Å². The van der Waals surface area contributed by atoms with Crippen molar-refractivity contribution in [3.8, 4) is 0 Å². The van der Waals surface area contributed by atoms with Crippen molar-refractivity contribution >= 4 is 39.4 Å². The normalized spacial score (nSPS) is 10.3. The highest BCUT2D eigenvalue weighted by Crippen LogP contribution is 2.27. The minimum atomic E-state index is -0.841. The second-order valence-electron chi connectivity index (χ2n) is 4.62. The second-order valence-corrected chi connectivity index (χ2v) is 5.54. The van der Waals surface area contributed by atoms with E-state index in [0.29, 0.717) is 5.56 Å². The van der Waals surface area contributed by atoms with E-state index in [0.717, 1.165) is 4.47 Å². The van der Waals surface area contributed by atoms with Crippen LogP contribution in [0.3, 0.4) is 0 Å². The van der Waals surface area contributed by atoms with Crippen molar-refractivity contribution in [2.24, 2.45) is 5.73 Å². The van der Waals surface area contributed by atoms with Crippen molar-refractivity contribution in [1.82, 2.24) is 0 Å². The van der Waals surface area contributed by atoms with Gasteiger partial charge in [0.25, 0.3) is 11.8 Å². The predicted octanol–water partition coefficient (Wildman–Crippen LogP) is 2.90. The molecule has 0 saturated heterocycles. The average Bonchev–Trinajstić information content (AvgIpc) is 2.75. The standard InChI is InChI=1S/C15H13BrN2O4/c1-7(19)11-8(2)22-15(12(11)13(17)20)18-14(21)9-4-3-5-10(16)6-9/h3-6H,1-2H3,(H2,17,20)(H,18,21). The summed E-state index contributed by atoms with van der Waals surface area (Å²) in [4.78, 5) is 35.4. The first-order valence-electron chi connectivity index (χ1n) is 6.32. The Bertz CT molecular complexity index is 780. The van der Waals surface area contributed by atoms with Crippen LogP contribution < -0.4 is 11.1 Å². The van der Waals surface area contributed by atoms with E-state index >= 15 is 0 Å². The topological polar surface area (TPSA) is 102 Å². The molecule has 1 aromatic heterocycles. The maximum atomic E-state index is 12.2. The van der Waals surface area contributed by atoms with Crippen LogP contribution in [-0.4, -0.2) is 17.6 Å². The monoisotopic (exact) mass is 364 g/mol. The molecule has 7 heteroatoms. The molecule has 0 unspecified atom stereocenters. The molecule has 0 aliphatic rings. The molecule has 2 aromatic rings. The zero-order valence-corrected chi connectivity index (χ0v) is 13.5. The van der Waals surface area contributed by atoms with Crippen LogP contribution in [0.2, 0.25) is 0 Å². The van der Waals surface area contributed by atoms with Gasteiger partial charge in [-0.05, 0) is 32.0 Å². The lowest BCUT2D eigenvalue weighted by Crippen LogP contribution is -2.19. The van der Waals surface area contributed by atoms with E-state index in [1.54, 1.807) is 24.3 Å². The first-order chi connectivity index (χ1) is 10.3. The molecule has 0 saturated carbocycles. The van der Waals surface area contributed by atoms with Crippen molar-refractivity contribution < 1.29 is 18.8 Å². The van der Waals surface area contributed by atoms with Crippen LogP contribution in [-0.2, 0) is 0 Å². The zero-order chi connectivity index (χ0) is 16.4. The molecule has 0 bridgehead atoms. The second kappa shape index (κ2) is 6.15. The SMILES string of the molecule is CC(=O)c1c(C)oc(NC(=O)c2cccc(Br)c2)c1C(N)=O. The fourth-order valence-corrected chi connectivity index (χ4v) is 2.50. The Morgan fingerprint density at radius 2 is 1.91 bits per heavy atom. The molecule has 114 valence electrons. The molecule has 2 amide bonds. The maximum Gasteiger partial charge on any atom is 0.258 e. The summed E-state index contributed by atoms with van der Waals surface area (Å²) in [6.07, 6.45) is 0. The van der Waals surface area contributed by atoms with E-state index in [4.69, 9.17) is 10.2 Å². The number of amides is 2. The largest absolute Gasteiger partial charge is 0.444 e. The molecule has 0 aliphatic carbocycles. The molecular weight excluding hydrogens is 352 g/mol. The van der Waals surface area contributed by atoms with Crippen LogP contribution in [0.5, 0.6) is 0 Å². The van der Waals surface area contributed by atoms with Gasteiger partial charge in [-0.15, -0.1) is 0 Å². The molecule has 2 rings (SSSR count). The van der Waals surface area contributed by atoms with E-state index in [2.05, 4.69) is 21.2 Å². The summed E-state index contributed by atoms with van der Waals surface area (Å²) in [6, 6.07) is 6.69. The molecule has 0 atom stereocenters. The summed E-state index contributed by atoms with van der Waals surface area (Å²) < 4.78 is 6.06. The van der Waals surface area contributed by atoms with Crippen LogP contribution >= 0.6 is 15.9 Å². The molecular formula is C15H13BrN2O4. The first-order valence-corrected chi connectivity index (χ1v) is 7.11. The first kappa shape index (κ1) is 16.0. The lowest BCUT2D eigenvalue weighted by Gasteiger charge is -2.04. The highest BCUT2D eigenvalue weighted by molar-refractivity contribution is 9.10. The van der Waals surface area contributed by atoms with Gasteiger partial charge in [-0.2, -0.15) is 0 Å². The van der Waals surface area contributed by atoms with Gasteiger partial charge in [-0.1, -0.05) is 22.0 Å². The average molecular weight is 365 g/mol. The Hall–Kier alpha value is -2.41. The van der Waals surface area contributed by atoms with Crippen molar-refractivity contribution in [2.45, 2.75) is 13.8 Å². The van der Waals surface area contributed by atoms with Gasteiger partial charge >= 0.3 is 0 Å². The van der Waals surface area contributed by atoms with Crippen molar-refractivity contribution in [2.75, 3.05) is 5.32 Å². The number of halogens is 1. The summed E-state index contributed by atoms with van der Waals surface area (Å²) in [6.45, 7) is 2.82. The molecule has 22 heavy (non-hydrogen) atoms. The Morgan fingerprint density at radius 3 is 2.45 bits per heavy atom. The molecule has 0 fully saturated rings. The Labute approximate surface area is 134 Å². The van der Waals surface area contributed by atoms with E-state index in [9.17, 15) is 14.4 Å². The van der Waals surface area contributed by atoms with Crippen LogP contribution in [0.4, 0.5) is 5.88 Å². The van der Waals surface area contributed by atoms with Gasteiger partial charge in [0, 0.05) is 10.0 Å². The van der Waals surface area contributed by atoms with Crippen molar-refractivity contribution in [3.05, 3.63) is 51.2 Å². The van der Waals surface area contributed by atoms with E-state index in [1.165, 1.54) is 13.8 Å². The fraction of sp³-hybridized carbons (Fsp3) is 0.133. The maximum absolute atomic E-state index is 12.2. The minimum Gasteiger partial charge on any atom is -0.444 e. The third-order valence-electron chi connectivity index (χ3n) is 3.00. The van der Waals surface area contributed by atoms with Gasteiger partial charge in [0.1, 0.15) is 11.3 Å². The number of carbonyl (C=O) groups is 3. The summed E-state index contributed by atoms with van der Waals surface area (Å²) in [7, 11) is 0. The van der Waals surface area contributed by atoms with Crippen LogP contribution in [0.25, 0.3) is 0 Å². The van der Waals surface area contributed by atoms with E-state index in [-0.39, 0.29) is 28.6 Å². The lowest BCUT2D eigenvalue weighted by molar-refractivity contribution is 0.0974. The number of furan rings is 1. The van der Waals surface area contributed by atoms with Gasteiger partial charge in [-0.25, -0.2) is 0 Å². The van der Waals surface area contributed by atoms with Gasteiger partial charge in [-0.3, -0.25) is 19.7 Å². The number of carbonyl (C=O) groups excluding carboxylic acids is 3. The number of benzene rings is 1. The smallest absolute Gasteiger partial charge is 0.258 e. The molecule has 1 aromatic carbocycles. The quantitative estimate of drug-likeness (QED) is 0.814. The third-order valence-corrected chi connectivity index (χ3v) is 3.49. The molecule has 6 nitrogen and oxygen atoms in total. The molecule has 0 radical (unpaired) electrons. The fourth-order valence-electron chi connectivity index (χ4n) is 2.10. The van der Waals surface area contributed by atoms with E-state index < -0.39 is 11.8 Å². The van der Waals surface area contributed by atoms with Gasteiger partial charge in [0.15, 0.2) is 5.78 Å². The van der Waals surface area contributed by atoms with Crippen LogP contribution in [0, 0.1) is 6.92 Å². The third kappa shape index (κ3) is 3.09. The van der Waals surface area contributed by atoms with Gasteiger partial charge < -0.3 is 10.2 Å². The lowest BCUT2D eigenvalue weighted by atomic mass is 10.1. The van der Waals surface area contributed by atoms with Crippen LogP contribution in [0.1, 0.15) is 43.8 Å². The summed E-state index contributed by atoms with van der Waals surface area (Å²) in [5.41, 5.74) is 5.62. The Kier molecular flexibility index (Phi) is 4.46. The molecule has 1 heterocycles. The number of nitrogens with two attached hydrogens (primary N) is 1. The van der Waals surface area contributed by atoms with Crippen molar-refractivity contribution in [3.63, 3.8) is 0 Å². The minimum absolute atomic E-state index is 0.0806.